The normalized spacial score (nSPS) is 11.1. The minimum atomic E-state index is -3.86. The highest BCUT2D eigenvalue weighted by Crippen LogP contribution is 2.25. The monoisotopic (exact) mass is 498 g/mol. The summed E-state index contributed by atoms with van der Waals surface area (Å²) in [6, 6.07) is 15.2. The fraction of sp³-hybridized carbons (Fsp3) is 0.0952. The van der Waals surface area contributed by atoms with Crippen molar-refractivity contribution in [2.24, 2.45) is 0 Å². The van der Waals surface area contributed by atoms with E-state index in [2.05, 4.69) is 10.0 Å². The molecule has 10 heteroatoms. The molecule has 0 aliphatic carbocycles. The number of rotatable bonds is 7. The van der Waals surface area contributed by atoms with Crippen LogP contribution in [0.2, 0.25) is 15.1 Å². The average molecular weight is 500 g/mol. The Morgan fingerprint density at radius 2 is 1.55 bits per heavy atom. The van der Waals surface area contributed by atoms with E-state index in [0.717, 1.165) is 5.56 Å². The average Bonchev–Trinajstić information content (AvgIpc) is 2.68. The molecule has 0 saturated heterocycles. The molecule has 0 bridgehead atoms. The van der Waals surface area contributed by atoms with Crippen LogP contribution >= 0.6 is 34.8 Å². The van der Waals surface area contributed by atoms with E-state index < -0.39 is 10.0 Å². The number of sulfonamides is 1. The molecule has 0 aliphatic heterocycles. The molecule has 0 spiro atoms. The lowest BCUT2D eigenvalue weighted by molar-refractivity contribution is -0.118. The van der Waals surface area contributed by atoms with Gasteiger partial charge >= 0.3 is 0 Å². The van der Waals surface area contributed by atoms with Gasteiger partial charge in [-0.3, -0.25) is 9.52 Å². The van der Waals surface area contributed by atoms with Gasteiger partial charge in [-0.2, -0.15) is 0 Å². The highest BCUT2D eigenvalue weighted by molar-refractivity contribution is 7.92. The number of hydrogen-bond acceptors (Lipinski definition) is 4. The predicted octanol–water partition coefficient (Wildman–Crippen LogP) is 5.77. The van der Waals surface area contributed by atoms with Crippen LogP contribution in [0.5, 0.6) is 5.75 Å². The summed E-state index contributed by atoms with van der Waals surface area (Å²) in [4.78, 5) is 12.1. The van der Waals surface area contributed by atoms with Gasteiger partial charge in [-0.25, -0.2) is 8.42 Å². The van der Waals surface area contributed by atoms with E-state index in [1.165, 1.54) is 42.5 Å². The summed E-state index contributed by atoms with van der Waals surface area (Å²) >= 11 is 17.7. The second-order valence-electron chi connectivity index (χ2n) is 6.53. The topological polar surface area (TPSA) is 84.5 Å². The standard InChI is InChI=1S/C21H17Cl3N2O4S/c1-13-8-14(22)2-7-20(13)25-21(27)12-30-18-3-5-19(6-4-18)31(28,29)26-17-10-15(23)9-16(24)11-17/h2-11,26H,12H2,1H3,(H,25,27). The Morgan fingerprint density at radius 3 is 2.16 bits per heavy atom. The SMILES string of the molecule is Cc1cc(Cl)ccc1NC(=O)COc1ccc(S(=O)(=O)Nc2cc(Cl)cc(Cl)c2)cc1. The van der Waals surface area contributed by atoms with Crippen LogP contribution in [-0.2, 0) is 14.8 Å². The predicted molar refractivity (Wildman–Crippen MR) is 124 cm³/mol. The molecule has 0 saturated carbocycles. The highest BCUT2D eigenvalue weighted by atomic mass is 35.5. The van der Waals surface area contributed by atoms with Crippen molar-refractivity contribution in [1.29, 1.82) is 0 Å². The lowest BCUT2D eigenvalue weighted by Crippen LogP contribution is -2.20. The lowest BCUT2D eigenvalue weighted by Gasteiger charge is -2.11. The number of nitrogens with one attached hydrogen (secondary N) is 2. The molecular weight excluding hydrogens is 483 g/mol. The molecule has 2 N–H and O–H groups in total. The van der Waals surface area contributed by atoms with Crippen LogP contribution < -0.4 is 14.8 Å². The van der Waals surface area contributed by atoms with Gasteiger partial charge in [-0.1, -0.05) is 34.8 Å². The van der Waals surface area contributed by atoms with Crippen LogP contribution in [-0.4, -0.2) is 20.9 Å². The number of aryl methyl sites for hydroxylation is 1. The summed E-state index contributed by atoms with van der Waals surface area (Å²) < 4.78 is 32.9. The summed E-state index contributed by atoms with van der Waals surface area (Å²) in [6.07, 6.45) is 0. The third kappa shape index (κ3) is 6.51. The Bertz CT molecular complexity index is 1200. The number of halogens is 3. The van der Waals surface area contributed by atoms with Crippen LogP contribution in [0, 0.1) is 6.92 Å². The Morgan fingerprint density at radius 1 is 0.903 bits per heavy atom. The quantitative estimate of drug-likeness (QED) is 0.432. The Labute approximate surface area is 195 Å². The first-order valence-corrected chi connectivity index (χ1v) is 11.5. The first-order chi connectivity index (χ1) is 14.6. The van der Waals surface area contributed by atoms with Gasteiger partial charge in [-0.15, -0.1) is 0 Å². The summed E-state index contributed by atoms with van der Waals surface area (Å²) in [5.74, 6) is -0.0191. The van der Waals surface area contributed by atoms with Gasteiger partial charge in [0.25, 0.3) is 15.9 Å². The summed E-state index contributed by atoms with van der Waals surface area (Å²) in [6.45, 7) is 1.58. The Balaban J connectivity index is 1.61. The Kier molecular flexibility index (Phi) is 7.33. The van der Waals surface area contributed by atoms with Crippen molar-refractivity contribution in [3.63, 3.8) is 0 Å². The maximum absolute atomic E-state index is 12.5. The van der Waals surface area contributed by atoms with Crippen molar-refractivity contribution in [2.75, 3.05) is 16.6 Å². The summed E-state index contributed by atoms with van der Waals surface area (Å²) in [5.41, 5.74) is 1.70. The van der Waals surface area contributed by atoms with E-state index >= 15 is 0 Å². The van der Waals surface area contributed by atoms with Crippen molar-refractivity contribution >= 4 is 62.1 Å². The lowest BCUT2D eigenvalue weighted by atomic mass is 10.2. The number of carbonyl (C=O) groups excluding carboxylic acids is 1. The second-order valence-corrected chi connectivity index (χ2v) is 9.52. The number of hydrogen-bond donors (Lipinski definition) is 2. The number of amides is 1. The van der Waals surface area contributed by atoms with Crippen LogP contribution in [0.25, 0.3) is 0 Å². The zero-order valence-corrected chi connectivity index (χ0v) is 19.2. The first kappa shape index (κ1) is 23.2. The van der Waals surface area contributed by atoms with Gasteiger partial charge in [0.15, 0.2) is 6.61 Å². The molecule has 31 heavy (non-hydrogen) atoms. The zero-order chi connectivity index (χ0) is 22.6. The van der Waals surface area contributed by atoms with E-state index in [4.69, 9.17) is 39.5 Å². The van der Waals surface area contributed by atoms with Crippen molar-refractivity contribution in [3.05, 3.63) is 81.3 Å². The van der Waals surface area contributed by atoms with Crippen molar-refractivity contribution in [2.45, 2.75) is 11.8 Å². The summed E-state index contributed by atoms with van der Waals surface area (Å²) in [7, 11) is -3.86. The number of anilines is 2. The number of benzene rings is 3. The molecule has 1 amide bonds. The molecule has 3 rings (SSSR count). The van der Waals surface area contributed by atoms with E-state index in [-0.39, 0.29) is 23.1 Å². The molecular formula is C21H17Cl3N2O4S. The van der Waals surface area contributed by atoms with Crippen LogP contribution in [0.1, 0.15) is 5.56 Å². The molecule has 0 heterocycles. The maximum Gasteiger partial charge on any atom is 0.262 e. The van der Waals surface area contributed by atoms with E-state index in [9.17, 15) is 13.2 Å². The fourth-order valence-corrected chi connectivity index (χ4v) is 4.44. The first-order valence-electron chi connectivity index (χ1n) is 8.90. The van der Waals surface area contributed by atoms with Gasteiger partial charge < -0.3 is 10.1 Å². The minimum absolute atomic E-state index is 0.0113. The Hall–Kier alpha value is -2.45. The smallest absolute Gasteiger partial charge is 0.262 e. The second kappa shape index (κ2) is 9.78. The zero-order valence-electron chi connectivity index (χ0n) is 16.2. The highest BCUT2D eigenvalue weighted by Gasteiger charge is 2.15. The van der Waals surface area contributed by atoms with Crippen LogP contribution in [0.4, 0.5) is 11.4 Å². The van der Waals surface area contributed by atoms with Gasteiger partial charge in [0.05, 0.1) is 10.6 Å². The molecule has 0 unspecified atom stereocenters. The molecule has 0 fully saturated rings. The number of carbonyl (C=O) groups is 1. The molecule has 0 aromatic heterocycles. The summed E-state index contributed by atoms with van der Waals surface area (Å²) in [5, 5.41) is 3.92. The largest absolute Gasteiger partial charge is 0.484 e. The molecule has 3 aromatic rings. The van der Waals surface area contributed by atoms with E-state index in [0.29, 0.717) is 26.5 Å². The van der Waals surface area contributed by atoms with Gasteiger partial charge in [-0.05, 0) is 73.2 Å². The molecule has 0 aliphatic rings. The molecule has 3 aromatic carbocycles. The number of ether oxygens (including phenoxy) is 1. The van der Waals surface area contributed by atoms with Crippen molar-refractivity contribution in [1.82, 2.24) is 0 Å². The van der Waals surface area contributed by atoms with Gasteiger partial charge in [0.1, 0.15) is 5.75 Å². The van der Waals surface area contributed by atoms with E-state index in [1.807, 2.05) is 6.92 Å². The third-order valence-electron chi connectivity index (χ3n) is 4.08. The van der Waals surface area contributed by atoms with Crippen LogP contribution in [0.15, 0.2) is 65.6 Å². The van der Waals surface area contributed by atoms with Crippen molar-refractivity contribution in [3.8, 4) is 5.75 Å². The maximum atomic E-state index is 12.5. The molecule has 162 valence electrons. The van der Waals surface area contributed by atoms with Gasteiger partial charge in [0, 0.05) is 20.8 Å². The van der Waals surface area contributed by atoms with Gasteiger partial charge in [0.2, 0.25) is 0 Å². The fourth-order valence-electron chi connectivity index (χ4n) is 2.64. The molecule has 0 atom stereocenters. The molecule has 6 nitrogen and oxygen atoms in total. The van der Waals surface area contributed by atoms with E-state index in [1.54, 1.807) is 18.2 Å². The minimum Gasteiger partial charge on any atom is -0.484 e. The van der Waals surface area contributed by atoms with Crippen LogP contribution in [0.3, 0.4) is 0 Å². The molecule has 0 radical (unpaired) electrons. The third-order valence-corrected chi connectivity index (χ3v) is 6.15. The van der Waals surface area contributed by atoms with Crippen molar-refractivity contribution < 1.29 is 17.9 Å².